The lowest BCUT2D eigenvalue weighted by Gasteiger charge is -2.24. The van der Waals surface area contributed by atoms with Gasteiger partial charge in [0.1, 0.15) is 0 Å². The summed E-state index contributed by atoms with van der Waals surface area (Å²) in [6.07, 6.45) is 0. The summed E-state index contributed by atoms with van der Waals surface area (Å²) >= 11 is 0. The molecule has 0 aromatic heterocycles. The van der Waals surface area contributed by atoms with Gasteiger partial charge in [-0.15, -0.1) is 0 Å². The third-order valence-electron chi connectivity index (χ3n) is 2.06. The van der Waals surface area contributed by atoms with Gasteiger partial charge in [-0.1, -0.05) is 13.6 Å². The molecule has 0 heterocycles. The Morgan fingerprint density at radius 3 is 1.50 bits per heavy atom. The van der Waals surface area contributed by atoms with E-state index in [1.807, 2.05) is 14.1 Å². The van der Waals surface area contributed by atoms with E-state index in [1.165, 1.54) is 0 Å². The van der Waals surface area contributed by atoms with Gasteiger partial charge < -0.3 is 15.2 Å². The van der Waals surface area contributed by atoms with Crippen molar-refractivity contribution in [1.29, 1.82) is 0 Å². The molecule has 0 aromatic rings. The lowest BCUT2D eigenvalue weighted by molar-refractivity contribution is 0.752. The van der Waals surface area contributed by atoms with E-state index < -0.39 is 0 Å². The van der Waals surface area contributed by atoms with Crippen LogP contribution in [0.2, 0.25) is 13.6 Å². The summed E-state index contributed by atoms with van der Waals surface area (Å²) in [5.41, 5.74) is 0. The molecule has 0 aromatic carbocycles. The highest BCUT2D eigenvalue weighted by atomic mass is 15.1. The highest BCUT2D eigenvalue weighted by Crippen LogP contribution is 1.88. The largest absolute Gasteiger partial charge is 0.359 e. The second-order valence-electron chi connectivity index (χ2n) is 2.59. The minimum atomic E-state index is 0.419. The van der Waals surface area contributed by atoms with Crippen LogP contribution in [0.15, 0.2) is 0 Å². The molecule has 0 aliphatic heterocycles. The van der Waals surface area contributed by atoms with Crippen molar-refractivity contribution in [1.82, 2.24) is 15.2 Å². The van der Waals surface area contributed by atoms with E-state index in [9.17, 15) is 0 Å². The van der Waals surface area contributed by atoms with Gasteiger partial charge in [0, 0.05) is 0 Å². The molecule has 3 nitrogen and oxygen atoms in total. The fourth-order valence-corrected chi connectivity index (χ4v) is 0.743. The maximum atomic E-state index is 3.17. The molecule has 0 aliphatic rings. The Kier molecular flexibility index (Phi) is 4.77. The lowest BCUT2D eigenvalue weighted by Crippen LogP contribution is -2.55. The van der Waals surface area contributed by atoms with Crippen LogP contribution in [-0.4, -0.2) is 39.8 Å². The standard InChI is InChI=1S/C5H17B2N3/c1-6(8-3)10(5)7(2)9-4/h8-9H,1-5H3. The van der Waals surface area contributed by atoms with Gasteiger partial charge in [0.15, 0.2) is 0 Å². The first-order valence-corrected chi connectivity index (χ1v) is 3.70. The summed E-state index contributed by atoms with van der Waals surface area (Å²) in [6, 6.07) is 0. The first-order valence-electron chi connectivity index (χ1n) is 3.70. The molecule has 5 heteroatoms. The van der Waals surface area contributed by atoms with Gasteiger partial charge in [0.25, 0.3) is 14.0 Å². The number of rotatable bonds is 4. The van der Waals surface area contributed by atoms with Gasteiger partial charge in [0.05, 0.1) is 0 Å². The lowest BCUT2D eigenvalue weighted by atomic mass is 9.63. The van der Waals surface area contributed by atoms with Crippen molar-refractivity contribution >= 4 is 14.0 Å². The molecule has 10 heavy (non-hydrogen) atoms. The van der Waals surface area contributed by atoms with E-state index in [1.54, 1.807) is 0 Å². The average molecular weight is 141 g/mol. The van der Waals surface area contributed by atoms with Crippen LogP contribution in [0.3, 0.4) is 0 Å². The van der Waals surface area contributed by atoms with E-state index in [2.05, 4.69) is 35.9 Å². The van der Waals surface area contributed by atoms with Gasteiger partial charge in [-0.3, -0.25) is 0 Å². The van der Waals surface area contributed by atoms with Crippen LogP contribution in [0.5, 0.6) is 0 Å². The SMILES string of the molecule is CNB(C)N(C)B(C)NC. The summed E-state index contributed by atoms with van der Waals surface area (Å²) in [5.74, 6) is 0. The predicted octanol–water partition coefficient (Wildman–Crippen LogP) is -0.407. The Balaban J connectivity index is 3.69. The van der Waals surface area contributed by atoms with Crippen LogP contribution >= 0.6 is 0 Å². The third kappa shape index (κ3) is 2.73. The number of nitrogens with one attached hydrogen (secondary N) is 2. The Morgan fingerprint density at radius 1 is 1.00 bits per heavy atom. The van der Waals surface area contributed by atoms with Gasteiger partial charge >= 0.3 is 0 Å². The fourth-order valence-electron chi connectivity index (χ4n) is 0.743. The zero-order valence-corrected chi connectivity index (χ0v) is 7.60. The fraction of sp³-hybridized carbons (Fsp3) is 1.00. The molecule has 0 atom stereocenters. The molecule has 0 unspecified atom stereocenters. The maximum Gasteiger partial charge on any atom is 0.294 e. The molecular weight excluding hydrogens is 124 g/mol. The molecule has 0 spiro atoms. The molecule has 0 rings (SSSR count). The van der Waals surface area contributed by atoms with Gasteiger partial charge in [-0.05, 0) is 21.1 Å². The minimum absolute atomic E-state index is 0.419. The first-order chi connectivity index (χ1) is 4.63. The van der Waals surface area contributed by atoms with Gasteiger partial charge in [-0.25, -0.2) is 0 Å². The molecular formula is C5H17B2N3. The Bertz CT molecular complexity index is 81.0. The zero-order chi connectivity index (χ0) is 8.15. The normalized spacial score (nSPS) is 10.2. The predicted molar refractivity (Wildman–Crippen MR) is 49.1 cm³/mol. The van der Waals surface area contributed by atoms with E-state index in [0.717, 1.165) is 0 Å². The van der Waals surface area contributed by atoms with Crippen molar-refractivity contribution in [2.24, 2.45) is 0 Å². The van der Waals surface area contributed by atoms with Crippen molar-refractivity contribution in [2.75, 3.05) is 21.1 Å². The van der Waals surface area contributed by atoms with Crippen molar-refractivity contribution in [2.45, 2.75) is 13.6 Å². The van der Waals surface area contributed by atoms with Gasteiger partial charge in [0.2, 0.25) is 0 Å². The molecule has 0 amide bonds. The summed E-state index contributed by atoms with van der Waals surface area (Å²) in [4.78, 5) is 0. The zero-order valence-electron chi connectivity index (χ0n) is 7.60. The molecule has 0 aliphatic carbocycles. The quantitative estimate of drug-likeness (QED) is 0.521. The number of hydrogen-bond donors (Lipinski definition) is 2. The minimum Gasteiger partial charge on any atom is -0.359 e. The Hall–Kier alpha value is 0.00987. The molecule has 0 saturated heterocycles. The monoisotopic (exact) mass is 141 g/mol. The van der Waals surface area contributed by atoms with Crippen molar-refractivity contribution in [3.05, 3.63) is 0 Å². The average Bonchev–Trinajstić information content (AvgIpc) is 2.00. The van der Waals surface area contributed by atoms with E-state index in [-0.39, 0.29) is 0 Å². The highest BCUT2D eigenvalue weighted by Gasteiger charge is 2.19. The molecule has 2 N–H and O–H groups in total. The van der Waals surface area contributed by atoms with Crippen LogP contribution in [0, 0.1) is 0 Å². The summed E-state index contributed by atoms with van der Waals surface area (Å²) in [7, 11) is 6.01. The van der Waals surface area contributed by atoms with Crippen molar-refractivity contribution in [3.63, 3.8) is 0 Å². The Labute approximate surface area is 64.8 Å². The van der Waals surface area contributed by atoms with Crippen molar-refractivity contribution in [3.8, 4) is 0 Å². The van der Waals surface area contributed by atoms with Crippen LogP contribution in [-0.2, 0) is 0 Å². The molecule has 0 fully saturated rings. The Morgan fingerprint density at radius 2 is 1.30 bits per heavy atom. The summed E-state index contributed by atoms with van der Waals surface area (Å²) < 4.78 is 2.22. The van der Waals surface area contributed by atoms with Crippen LogP contribution in [0.25, 0.3) is 0 Å². The first kappa shape index (κ1) is 10.0. The molecule has 0 bridgehead atoms. The van der Waals surface area contributed by atoms with Crippen molar-refractivity contribution < 1.29 is 0 Å². The van der Waals surface area contributed by atoms with Crippen LogP contribution in [0.1, 0.15) is 0 Å². The van der Waals surface area contributed by atoms with E-state index in [4.69, 9.17) is 0 Å². The van der Waals surface area contributed by atoms with E-state index >= 15 is 0 Å². The van der Waals surface area contributed by atoms with Crippen LogP contribution in [0.4, 0.5) is 0 Å². The smallest absolute Gasteiger partial charge is 0.294 e. The second kappa shape index (κ2) is 4.77. The third-order valence-corrected chi connectivity index (χ3v) is 2.06. The molecule has 0 saturated carbocycles. The highest BCUT2D eigenvalue weighted by molar-refractivity contribution is 6.68. The van der Waals surface area contributed by atoms with Gasteiger partial charge in [-0.2, -0.15) is 0 Å². The second-order valence-corrected chi connectivity index (χ2v) is 2.59. The number of nitrogens with zero attached hydrogens (tertiary/aromatic N) is 1. The number of hydrogen-bond acceptors (Lipinski definition) is 3. The molecule has 0 radical (unpaired) electrons. The maximum absolute atomic E-state index is 3.17. The van der Waals surface area contributed by atoms with E-state index in [0.29, 0.717) is 14.0 Å². The topological polar surface area (TPSA) is 27.3 Å². The van der Waals surface area contributed by atoms with Crippen LogP contribution < -0.4 is 10.5 Å². The molecule has 58 valence electrons. The summed E-state index contributed by atoms with van der Waals surface area (Å²) in [6.45, 7) is 5.10. The summed E-state index contributed by atoms with van der Waals surface area (Å²) in [5, 5.41) is 6.33.